The minimum atomic E-state index is 0. The van der Waals surface area contributed by atoms with E-state index < -0.39 is 0 Å². The van der Waals surface area contributed by atoms with E-state index in [-0.39, 0.29) is 5.48 Å². The van der Waals surface area contributed by atoms with Crippen molar-refractivity contribution in [2.45, 2.75) is 46.0 Å². The molecule has 2 atom stereocenters. The Bertz CT molecular complexity index is 70.8. The fourth-order valence-corrected chi connectivity index (χ4v) is 1.67. The van der Waals surface area contributed by atoms with Crippen LogP contribution >= 0.6 is 0 Å². The van der Waals surface area contributed by atoms with Gasteiger partial charge in [0.1, 0.15) is 0 Å². The third-order valence-corrected chi connectivity index (χ3v) is 2.55. The first-order valence-corrected chi connectivity index (χ1v) is 4.29. The zero-order chi connectivity index (χ0) is 6.69. The summed E-state index contributed by atoms with van der Waals surface area (Å²) in [6.07, 6.45) is 7.37. The summed E-state index contributed by atoms with van der Waals surface area (Å²) in [4.78, 5) is 0. The normalized spacial score (nSPS) is 34.2. The van der Waals surface area contributed by atoms with Crippen molar-refractivity contribution in [3.8, 4) is 0 Å². The van der Waals surface area contributed by atoms with E-state index >= 15 is 0 Å². The zero-order valence-corrected chi connectivity index (χ0v) is 7.19. The molecule has 0 bridgehead atoms. The maximum Gasteiger partial charge on any atom is -0.0443 e. The Kier molecular flexibility index (Phi) is 4.71. The molecule has 0 aliphatic heterocycles. The summed E-state index contributed by atoms with van der Waals surface area (Å²) >= 11 is 0. The van der Waals surface area contributed by atoms with Crippen LogP contribution in [0.4, 0.5) is 0 Å². The Morgan fingerprint density at radius 3 is 1.60 bits per heavy atom. The topological polar surface area (TPSA) is 31.5 Å². The first kappa shape index (κ1) is 9.96. The Morgan fingerprint density at radius 2 is 1.20 bits per heavy atom. The van der Waals surface area contributed by atoms with Gasteiger partial charge in [0.25, 0.3) is 0 Å². The Morgan fingerprint density at radius 1 is 0.800 bits per heavy atom. The third kappa shape index (κ3) is 3.21. The molecule has 1 rings (SSSR count). The summed E-state index contributed by atoms with van der Waals surface area (Å²) in [7, 11) is 0. The average Bonchev–Trinajstić information content (AvgIpc) is 1.97. The van der Waals surface area contributed by atoms with Crippen molar-refractivity contribution in [3.05, 3.63) is 0 Å². The van der Waals surface area contributed by atoms with Crippen LogP contribution in [0.3, 0.4) is 0 Å². The standard InChI is InChI=1S/C9H18.H2O/c1-8-4-3-5-9(2)7-6-8;/h8-9H,3-7H2,1-2H3;1H2/t8-,9?;/m0./s1. The van der Waals surface area contributed by atoms with Gasteiger partial charge in [-0.05, 0) is 11.8 Å². The van der Waals surface area contributed by atoms with E-state index in [4.69, 9.17) is 0 Å². The second-order valence-electron chi connectivity index (χ2n) is 3.72. The molecule has 10 heavy (non-hydrogen) atoms. The lowest BCUT2D eigenvalue weighted by Gasteiger charge is -2.05. The summed E-state index contributed by atoms with van der Waals surface area (Å²) in [5.41, 5.74) is 0. The number of rotatable bonds is 0. The average molecular weight is 144 g/mol. The zero-order valence-electron chi connectivity index (χ0n) is 7.19. The Labute approximate surface area is 64.1 Å². The highest BCUT2D eigenvalue weighted by Crippen LogP contribution is 2.25. The van der Waals surface area contributed by atoms with Gasteiger partial charge >= 0.3 is 0 Å². The van der Waals surface area contributed by atoms with E-state index in [0.717, 1.165) is 11.8 Å². The maximum atomic E-state index is 2.39. The summed E-state index contributed by atoms with van der Waals surface area (Å²) < 4.78 is 0. The van der Waals surface area contributed by atoms with Crippen LogP contribution < -0.4 is 0 Å². The Balaban J connectivity index is 0.000000810. The molecule has 0 amide bonds. The molecule has 0 aromatic carbocycles. The van der Waals surface area contributed by atoms with Gasteiger partial charge < -0.3 is 5.48 Å². The van der Waals surface area contributed by atoms with Gasteiger partial charge in [0, 0.05) is 0 Å². The van der Waals surface area contributed by atoms with E-state index in [9.17, 15) is 0 Å². The molecular formula is C9H20O. The lowest BCUT2D eigenvalue weighted by Crippen LogP contribution is -1.91. The van der Waals surface area contributed by atoms with E-state index in [0.29, 0.717) is 0 Å². The van der Waals surface area contributed by atoms with Crippen molar-refractivity contribution in [3.63, 3.8) is 0 Å². The molecule has 1 fully saturated rings. The fraction of sp³-hybridized carbons (Fsp3) is 1.00. The molecule has 1 aliphatic rings. The summed E-state index contributed by atoms with van der Waals surface area (Å²) in [6.45, 7) is 4.77. The molecule has 0 heterocycles. The van der Waals surface area contributed by atoms with E-state index in [1.54, 1.807) is 0 Å². The van der Waals surface area contributed by atoms with Crippen molar-refractivity contribution in [2.75, 3.05) is 0 Å². The maximum absolute atomic E-state index is 2.39. The highest BCUT2D eigenvalue weighted by molar-refractivity contribution is 4.64. The highest BCUT2D eigenvalue weighted by Gasteiger charge is 2.11. The van der Waals surface area contributed by atoms with Crippen LogP contribution in [-0.2, 0) is 0 Å². The monoisotopic (exact) mass is 144 g/mol. The molecule has 1 unspecified atom stereocenters. The smallest absolute Gasteiger partial charge is 0.0443 e. The van der Waals surface area contributed by atoms with Crippen LogP contribution in [0.2, 0.25) is 0 Å². The third-order valence-electron chi connectivity index (χ3n) is 2.55. The van der Waals surface area contributed by atoms with E-state index in [1.165, 1.54) is 32.1 Å². The first-order chi connectivity index (χ1) is 4.29. The van der Waals surface area contributed by atoms with Gasteiger partial charge in [0.15, 0.2) is 0 Å². The second kappa shape index (κ2) is 4.73. The van der Waals surface area contributed by atoms with Crippen LogP contribution in [0.5, 0.6) is 0 Å². The lowest BCUT2D eigenvalue weighted by atomic mass is 10.0. The van der Waals surface area contributed by atoms with E-state index in [2.05, 4.69) is 13.8 Å². The van der Waals surface area contributed by atoms with Gasteiger partial charge in [0.2, 0.25) is 0 Å². The number of hydrogen-bond acceptors (Lipinski definition) is 0. The first-order valence-electron chi connectivity index (χ1n) is 4.29. The van der Waals surface area contributed by atoms with Gasteiger partial charge in [-0.3, -0.25) is 0 Å². The fourth-order valence-electron chi connectivity index (χ4n) is 1.67. The van der Waals surface area contributed by atoms with Crippen molar-refractivity contribution in [1.29, 1.82) is 0 Å². The summed E-state index contributed by atoms with van der Waals surface area (Å²) in [5.74, 6) is 2.02. The van der Waals surface area contributed by atoms with Gasteiger partial charge in [-0.25, -0.2) is 0 Å². The van der Waals surface area contributed by atoms with Crippen LogP contribution in [0, 0.1) is 11.8 Å². The SMILES string of the molecule is CC1CCC[C@H](C)CC1.O. The lowest BCUT2D eigenvalue weighted by molar-refractivity contribution is 0.476. The van der Waals surface area contributed by atoms with Crippen LogP contribution in [-0.4, -0.2) is 5.48 Å². The minimum Gasteiger partial charge on any atom is -0.412 e. The molecule has 1 saturated carbocycles. The van der Waals surface area contributed by atoms with Gasteiger partial charge in [-0.15, -0.1) is 0 Å². The second-order valence-corrected chi connectivity index (χ2v) is 3.72. The molecule has 0 saturated heterocycles. The molecule has 0 spiro atoms. The van der Waals surface area contributed by atoms with Gasteiger partial charge in [-0.1, -0.05) is 46.0 Å². The van der Waals surface area contributed by atoms with Crippen LogP contribution in [0.1, 0.15) is 46.0 Å². The Hall–Kier alpha value is -0.0400. The predicted molar refractivity (Wildman–Crippen MR) is 45.0 cm³/mol. The molecule has 0 aromatic rings. The summed E-state index contributed by atoms with van der Waals surface area (Å²) in [6, 6.07) is 0. The van der Waals surface area contributed by atoms with Gasteiger partial charge in [0.05, 0.1) is 0 Å². The molecule has 1 nitrogen and oxygen atoms in total. The molecule has 0 radical (unpaired) electrons. The van der Waals surface area contributed by atoms with Crippen molar-refractivity contribution >= 4 is 0 Å². The van der Waals surface area contributed by atoms with E-state index in [1.807, 2.05) is 0 Å². The molecular weight excluding hydrogens is 124 g/mol. The molecule has 1 aliphatic carbocycles. The van der Waals surface area contributed by atoms with Gasteiger partial charge in [-0.2, -0.15) is 0 Å². The van der Waals surface area contributed by atoms with Crippen molar-refractivity contribution < 1.29 is 5.48 Å². The van der Waals surface area contributed by atoms with Crippen LogP contribution in [0.15, 0.2) is 0 Å². The molecule has 2 N–H and O–H groups in total. The molecule has 1 heteroatoms. The van der Waals surface area contributed by atoms with Crippen molar-refractivity contribution in [1.82, 2.24) is 0 Å². The summed E-state index contributed by atoms with van der Waals surface area (Å²) in [5, 5.41) is 0. The highest BCUT2D eigenvalue weighted by atomic mass is 16.0. The quantitative estimate of drug-likeness (QED) is 0.468. The largest absolute Gasteiger partial charge is 0.412 e. The predicted octanol–water partition coefficient (Wildman–Crippen LogP) is 2.40. The molecule has 62 valence electrons. The minimum absolute atomic E-state index is 0. The molecule has 0 aromatic heterocycles. The van der Waals surface area contributed by atoms with Crippen LogP contribution in [0.25, 0.3) is 0 Å². The van der Waals surface area contributed by atoms with Crippen molar-refractivity contribution in [2.24, 2.45) is 11.8 Å². The number of hydrogen-bond donors (Lipinski definition) is 0.